The number of benzene rings is 1. The maximum Gasteiger partial charge on any atom is 0.417 e. The van der Waals surface area contributed by atoms with Crippen LogP contribution in [0.15, 0.2) is 17.0 Å². The van der Waals surface area contributed by atoms with Crippen LogP contribution in [-0.4, -0.2) is 12.6 Å². The van der Waals surface area contributed by atoms with E-state index >= 15 is 0 Å². The van der Waals surface area contributed by atoms with E-state index < -0.39 is 23.3 Å². The predicted molar refractivity (Wildman–Crippen MR) is 59.7 cm³/mol. The van der Waals surface area contributed by atoms with Gasteiger partial charge in [0, 0.05) is 4.90 Å². The monoisotopic (exact) mass is 284 g/mol. The molecule has 0 fully saturated rings. The van der Waals surface area contributed by atoms with Crippen molar-refractivity contribution >= 4 is 30.2 Å². The Kier molecular flexibility index (Phi) is 4.32. The van der Waals surface area contributed by atoms with Crippen LogP contribution in [0.3, 0.4) is 0 Å². The topological polar surface area (TPSA) is 26.3 Å². The van der Waals surface area contributed by atoms with Gasteiger partial charge in [-0.05, 0) is 19.1 Å². The second-order valence-corrected chi connectivity index (χ2v) is 3.90. The highest BCUT2D eigenvalue weighted by Crippen LogP contribution is 2.37. The van der Waals surface area contributed by atoms with Crippen LogP contribution >= 0.6 is 24.2 Å². The van der Waals surface area contributed by atoms with E-state index in [4.69, 9.17) is 11.6 Å². The van der Waals surface area contributed by atoms with Crippen molar-refractivity contribution in [1.82, 2.24) is 0 Å². The summed E-state index contributed by atoms with van der Waals surface area (Å²) in [4.78, 5) is 11.5. The standard InChI is InChI=1S/C10H8ClF3O2S/c1-2-16-9(15)7-5(10(12,13)14)3-4-6(17)8(7)11/h3-4,17H,2H2,1H3. The van der Waals surface area contributed by atoms with Crippen molar-refractivity contribution in [2.45, 2.75) is 18.0 Å². The lowest BCUT2D eigenvalue weighted by molar-refractivity contribution is -0.138. The summed E-state index contributed by atoms with van der Waals surface area (Å²) in [6.45, 7) is 1.45. The Morgan fingerprint density at radius 1 is 1.47 bits per heavy atom. The van der Waals surface area contributed by atoms with Crippen LogP contribution in [0.2, 0.25) is 5.02 Å². The van der Waals surface area contributed by atoms with E-state index in [1.807, 2.05) is 0 Å². The van der Waals surface area contributed by atoms with Crippen molar-refractivity contribution < 1.29 is 22.7 Å². The highest BCUT2D eigenvalue weighted by molar-refractivity contribution is 7.80. The number of ether oxygens (including phenoxy) is 1. The Morgan fingerprint density at radius 2 is 2.06 bits per heavy atom. The molecule has 2 nitrogen and oxygen atoms in total. The van der Waals surface area contributed by atoms with E-state index in [2.05, 4.69) is 17.4 Å². The molecule has 0 bridgehead atoms. The lowest BCUT2D eigenvalue weighted by Crippen LogP contribution is -2.16. The van der Waals surface area contributed by atoms with Crippen molar-refractivity contribution in [1.29, 1.82) is 0 Å². The molecule has 0 saturated heterocycles. The number of thiol groups is 1. The summed E-state index contributed by atoms with van der Waals surface area (Å²) >= 11 is 9.52. The van der Waals surface area contributed by atoms with Gasteiger partial charge in [-0.15, -0.1) is 12.6 Å². The minimum absolute atomic E-state index is 0.0384. The molecule has 1 rings (SSSR count). The number of esters is 1. The normalized spacial score (nSPS) is 11.4. The van der Waals surface area contributed by atoms with E-state index in [1.165, 1.54) is 6.92 Å². The van der Waals surface area contributed by atoms with E-state index in [1.54, 1.807) is 0 Å². The number of carbonyl (C=O) groups is 1. The van der Waals surface area contributed by atoms with Crippen LogP contribution in [0.25, 0.3) is 0 Å². The first-order valence-corrected chi connectivity index (χ1v) is 5.37. The summed E-state index contributed by atoms with van der Waals surface area (Å²) in [7, 11) is 0. The number of carbonyl (C=O) groups excluding carboxylic acids is 1. The van der Waals surface area contributed by atoms with Gasteiger partial charge >= 0.3 is 12.1 Å². The lowest BCUT2D eigenvalue weighted by atomic mass is 10.1. The summed E-state index contributed by atoms with van der Waals surface area (Å²) in [6.07, 6.45) is -4.67. The van der Waals surface area contributed by atoms with E-state index in [9.17, 15) is 18.0 Å². The van der Waals surface area contributed by atoms with Gasteiger partial charge < -0.3 is 4.74 Å². The summed E-state index contributed by atoms with van der Waals surface area (Å²) in [5.41, 5.74) is -1.83. The molecule has 17 heavy (non-hydrogen) atoms. The minimum atomic E-state index is -4.67. The molecule has 0 radical (unpaired) electrons. The third-order valence-electron chi connectivity index (χ3n) is 1.91. The molecule has 0 aliphatic carbocycles. The predicted octanol–water partition coefficient (Wildman–Crippen LogP) is 3.82. The zero-order valence-corrected chi connectivity index (χ0v) is 10.3. The van der Waals surface area contributed by atoms with Gasteiger partial charge in [-0.25, -0.2) is 4.79 Å². The molecule has 7 heteroatoms. The van der Waals surface area contributed by atoms with E-state index in [0.717, 1.165) is 12.1 Å². The minimum Gasteiger partial charge on any atom is -0.462 e. The van der Waals surface area contributed by atoms with Gasteiger partial charge in [0.1, 0.15) is 0 Å². The average Bonchev–Trinajstić information content (AvgIpc) is 2.20. The maximum absolute atomic E-state index is 12.7. The molecule has 0 heterocycles. The molecule has 0 aromatic heterocycles. The Morgan fingerprint density at radius 3 is 2.53 bits per heavy atom. The molecule has 0 aliphatic rings. The second kappa shape index (κ2) is 5.18. The van der Waals surface area contributed by atoms with Gasteiger partial charge in [-0.3, -0.25) is 0 Å². The summed E-state index contributed by atoms with van der Waals surface area (Å²) in [5.74, 6) is -1.11. The molecule has 1 aromatic rings. The smallest absolute Gasteiger partial charge is 0.417 e. The fourth-order valence-electron chi connectivity index (χ4n) is 1.20. The molecule has 94 valence electrons. The zero-order chi connectivity index (χ0) is 13.2. The van der Waals surface area contributed by atoms with Crippen LogP contribution in [0, 0.1) is 0 Å². The fraction of sp³-hybridized carbons (Fsp3) is 0.300. The fourth-order valence-corrected chi connectivity index (χ4v) is 1.63. The Balaban J connectivity index is 3.42. The van der Waals surface area contributed by atoms with Crippen molar-refractivity contribution in [2.75, 3.05) is 6.61 Å². The first kappa shape index (κ1) is 14.2. The molecule has 0 unspecified atom stereocenters. The molecule has 0 spiro atoms. The number of rotatable bonds is 2. The van der Waals surface area contributed by atoms with Gasteiger partial charge in [0.25, 0.3) is 0 Å². The third-order valence-corrected chi connectivity index (χ3v) is 2.80. The Labute approximate surface area is 106 Å². The highest BCUT2D eigenvalue weighted by atomic mass is 35.5. The summed E-state index contributed by atoms with van der Waals surface area (Å²) in [6, 6.07) is 1.83. The van der Waals surface area contributed by atoms with Gasteiger partial charge in [0.05, 0.1) is 22.8 Å². The van der Waals surface area contributed by atoms with E-state index in [0.29, 0.717) is 0 Å². The van der Waals surface area contributed by atoms with Crippen molar-refractivity contribution in [3.8, 4) is 0 Å². The van der Waals surface area contributed by atoms with Crippen LogP contribution < -0.4 is 0 Å². The number of hydrogen-bond acceptors (Lipinski definition) is 3. The first-order valence-electron chi connectivity index (χ1n) is 4.54. The van der Waals surface area contributed by atoms with Crippen LogP contribution in [0.5, 0.6) is 0 Å². The van der Waals surface area contributed by atoms with E-state index in [-0.39, 0.29) is 16.5 Å². The molecule has 0 N–H and O–H groups in total. The largest absolute Gasteiger partial charge is 0.462 e. The lowest BCUT2D eigenvalue weighted by Gasteiger charge is -2.14. The van der Waals surface area contributed by atoms with Crippen LogP contribution in [-0.2, 0) is 10.9 Å². The zero-order valence-electron chi connectivity index (χ0n) is 8.64. The average molecular weight is 285 g/mol. The van der Waals surface area contributed by atoms with Gasteiger partial charge in [0.2, 0.25) is 0 Å². The van der Waals surface area contributed by atoms with Crippen molar-refractivity contribution in [3.63, 3.8) is 0 Å². The van der Waals surface area contributed by atoms with Crippen molar-refractivity contribution in [2.24, 2.45) is 0 Å². The van der Waals surface area contributed by atoms with Crippen LogP contribution in [0.1, 0.15) is 22.8 Å². The molecular formula is C10H8ClF3O2S. The molecule has 0 amide bonds. The Hall–Kier alpha value is -0.880. The highest BCUT2D eigenvalue weighted by Gasteiger charge is 2.37. The summed E-state index contributed by atoms with van der Waals surface area (Å²) < 4.78 is 42.6. The molecule has 0 aliphatic heterocycles. The third kappa shape index (κ3) is 3.07. The van der Waals surface area contributed by atoms with Crippen molar-refractivity contribution in [3.05, 3.63) is 28.3 Å². The quantitative estimate of drug-likeness (QED) is 0.660. The number of halogens is 4. The van der Waals surface area contributed by atoms with Gasteiger partial charge in [-0.2, -0.15) is 13.2 Å². The summed E-state index contributed by atoms with van der Waals surface area (Å²) in [5, 5.41) is -0.360. The van der Waals surface area contributed by atoms with Crippen LogP contribution in [0.4, 0.5) is 13.2 Å². The number of alkyl halides is 3. The Bertz CT molecular complexity index is 446. The molecule has 0 atom stereocenters. The maximum atomic E-state index is 12.7. The molecular weight excluding hydrogens is 277 g/mol. The number of hydrogen-bond donors (Lipinski definition) is 1. The molecule has 0 saturated carbocycles. The second-order valence-electron chi connectivity index (χ2n) is 3.04. The van der Waals surface area contributed by atoms with Gasteiger partial charge in [0.15, 0.2) is 0 Å². The first-order chi connectivity index (χ1) is 7.79. The SMILES string of the molecule is CCOC(=O)c1c(C(F)(F)F)ccc(S)c1Cl. The van der Waals surface area contributed by atoms with Gasteiger partial charge in [-0.1, -0.05) is 11.6 Å². The molecule has 1 aromatic carbocycles.